The van der Waals surface area contributed by atoms with Crippen molar-refractivity contribution < 1.29 is 4.39 Å². The molecule has 4 heteroatoms. The van der Waals surface area contributed by atoms with E-state index >= 15 is 0 Å². The molecule has 2 aromatic rings. The molecule has 3 nitrogen and oxygen atoms in total. The van der Waals surface area contributed by atoms with Crippen molar-refractivity contribution in [3.05, 3.63) is 53.4 Å². The third-order valence-electron chi connectivity index (χ3n) is 4.46. The molecule has 0 aliphatic heterocycles. The molecule has 0 bridgehead atoms. The van der Waals surface area contributed by atoms with Gasteiger partial charge in [0.2, 0.25) is 0 Å². The SMILES string of the molecule is CCC(N)C(c1ccccc1F)n1cnc2c1CCCC2. The molecule has 2 N–H and O–H groups in total. The molecule has 1 aliphatic carbocycles. The van der Waals surface area contributed by atoms with Crippen molar-refractivity contribution in [3.8, 4) is 0 Å². The number of hydrogen-bond donors (Lipinski definition) is 1. The molecule has 0 spiro atoms. The van der Waals surface area contributed by atoms with Crippen molar-refractivity contribution in [2.24, 2.45) is 5.73 Å². The molecule has 0 amide bonds. The minimum absolute atomic E-state index is 0.123. The standard InChI is InChI=1S/C17H22FN3/c1-2-14(19)17(12-7-3-4-8-13(12)18)21-11-20-15-9-5-6-10-16(15)21/h3-4,7-8,11,14,17H,2,5-6,9-10,19H2,1H3. The first-order valence-electron chi connectivity index (χ1n) is 7.77. The summed E-state index contributed by atoms with van der Waals surface area (Å²) in [5, 5.41) is 0. The summed E-state index contributed by atoms with van der Waals surface area (Å²) >= 11 is 0. The second kappa shape index (κ2) is 5.98. The lowest BCUT2D eigenvalue weighted by atomic mass is 9.95. The van der Waals surface area contributed by atoms with Gasteiger partial charge in [0.1, 0.15) is 5.82 Å². The third kappa shape index (κ3) is 2.60. The number of hydrogen-bond acceptors (Lipinski definition) is 2. The number of aryl methyl sites for hydroxylation is 1. The monoisotopic (exact) mass is 287 g/mol. The van der Waals surface area contributed by atoms with Gasteiger partial charge in [0.25, 0.3) is 0 Å². The molecule has 0 saturated heterocycles. The second-order valence-electron chi connectivity index (χ2n) is 5.79. The van der Waals surface area contributed by atoms with Gasteiger partial charge in [-0.25, -0.2) is 9.37 Å². The molecule has 0 saturated carbocycles. The first kappa shape index (κ1) is 14.3. The lowest BCUT2D eigenvalue weighted by molar-refractivity contribution is 0.425. The highest BCUT2D eigenvalue weighted by Gasteiger charge is 2.27. The van der Waals surface area contributed by atoms with Gasteiger partial charge in [-0.1, -0.05) is 25.1 Å². The Labute approximate surface area is 125 Å². The van der Waals surface area contributed by atoms with E-state index in [1.807, 2.05) is 25.4 Å². The Kier molecular flexibility index (Phi) is 4.06. The molecule has 2 atom stereocenters. The van der Waals surface area contributed by atoms with Crippen molar-refractivity contribution in [3.63, 3.8) is 0 Å². The Balaban J connectivity index is 2.08. The van der Waals surface area contributed by atoms with Crippen LogP contribution in [0.15, 0.2) is 30.6 Å². The van der Waals surface area contributed by atoms with Crippen LogP contribution in [-0.4, -0.2) is 15.6 Å². The summed E-state index contributed by atoms with van der Waals surface area (Å²) in [5.74, 6) is -0.190. The first-order chi connectivity index (χ1) is 10.2. The number of aromatic nitrogens is 2. The fourth-order valence-electron chi connectivity index (χ4n) is 3.26. The molecule has 1 aliphatic rings. The fourth-order valence-corrected chi connectivity index (χ4v) is 3.26. The quantitative estimate of drug-likeness (QED) is 0.938. The maximum absolute atomic E-state index is 14.3. The molecular weight excluding hydrogens is 265 g/mol. The van der Waals surface area contributed by atoms with E-state index in [0.29, 0.717) is 5.56 Å². The summed E-state index contributed by atoms with van der Waals surface area (Å²) in [5.41, 5.74) is 9.38. The van der Waals surface area contributed by atoms with Crippen LogP contribution in [0.4, 0.5) is 4.39 Å². The van der Waals surface area contributed by atoms with E-state index in [1.54, 1.807) is 6.07 Å². The molecule has 0 fully saturated rings. The van der Waals surface area contributed by atoms with Crippen LogP contribution in [0.2, 0.25) is 0 Å². The van der Waals surface area contributed by atoms with Gasteiger partial charge in [0, 0.05) is 17.3 Å². The first-order valence-corrected chi connectivity index (χ1v) is 7.77. The Morgan fingerprint density at radius 1 is 1.29 bits per heavy atom. The number of benzene rings is 1. The highest BCUT2D eigenvalue weighted by atomic mass is 19.1. The fraction of sp³-hybridized carbons (Fsp3) is 0.471. The zero-order valence-corrected chi connectivity index (χ0v) is 12.4. The van der Waals surface area contributed by atoms with Crippen LogP contribution in [0.5, 0.6) is 0 Å². The van der Waals surface area contributed by atoms with Gasteiger partial charge in [0.05, 0.1) is 18.1 Å². The molecule has 3 rings (SSSR count). The van der Waals surface area contributed by atoms with E-state index in [4.69, 9.17) is 5.73 Å². The van der Waals surface area contributed by atoms with Gasteiger partial charge in [-0.2, -0.15) is 0 Å². The van der Waals surface area contributed by atoms with Gasteiger partial charge in [-0.15, -0.1) is 0 Å². The van der Waals surface area contributed by atoms with Crippen LogP contribution < -0.4 is 5.73 Å². The smallest absolute Gasteiger partial charge is 0.128 e. The maximum Gasteiger partial charge on any atom is 0.128 e. The summed E-state index contributed by atoms with van der Waals surface area (Å²) in [6.07, 6.45) is 7.04. The zero-order chi connectivity index (χ0) is 14.8. The van der Waals surface area contributed by atoms with Gasteiger partial charge in [-0.05, 0) is 38.2 Å². The lowest BCUT2D eigenvalue weighted by Gasteiger charge is -2.28. The average Bonchev–Trinajstić information content (AvgIpc) is 2.93. The molecule has 1 heterocycles. The van der Waals surface area contributed by atoms with E-state index in [2.05, 4.69) is 9.55 Å². The maximum atomic E-state index is 14.3. The third-order valence-corrected chi connectivity index (χ3v) is 4.46. The molecule has 1 aromatic carbocycles. The summed E-state index contributed by atoms with van der Waals surface area (Å²) in [4.78, 5) is 4.53. The van der Waals surface area contributed by atoms with Crippen molar-refractivity contribution in [1.82, 2.24) is 9.55 Å². The van der Waals surface area contributed by atoms with E-state index in [0.717, 1.165) is 25.0 Å². The van der Waals surface area contributed by atoms with Crippen molar-refractivity contribution in [1.29, 1.82) is 0 Å². The van der Waals surface area contributed by atoms with Crippen LogP contribution in [0.3, 0.4) is 0 Å². The van der Waals surface area contributed by atoms with Crippen LogP contribution in [0.25, 0.3) is 0 Å². The average molecular weight is 287 g/mol. The van der Waals surface area contributed by atoms with Crippen molar-refractivity contribution >= 4 is 0 Å². The van der Waals surface area contributed by atoms with Crippen molar-refractivity contribution in [2.45, 2.75) is 51.1 Å². The topological polar surface area (TPSA) is 43.8 Å². The Hall–Kier alpha value is -1.68. The Morgan fingerprint density at radius 3 is 2.81 bits per heavy atom. The molecule has 2 unspecified atom stereocenters. The number of nitrogens with zero attached hydrogens (tertiary/aromatic N) is 2. The predicted octanol–water partition coefficient (Wildman–Crippen LogP) is 3.23. The number of nitrogens with two attached hydrogens (primary N) is 1. The molecule has 0 radical (unpaired) electrons. The van der Waals surface area contributed by atoms with E-state index in [1.165, 1.54) is 24.6 Å². The van der Waals surface area contributed by atoms with E-state index in [9.17, 15) is 4.39 Å². The Morgan fingerprint density at radius 2 is 2.05 bits per heavy atom. The second-order valence-corrected chi connectivity index (χ2v) is 5.79. The van der Waals surface area contributed by atoms with Crippen LogP contribution in [0, 0.1) is 5.82 Å². The van der Waals surface area contributed by atoms with Gasteiger partial charge >= 0.3 is 0 Å². The van der Waals surface area contributed by atoms with E-state index < -0.39 is 0 Å². The highest BCUT2D eigenvalue weighted by molar-refractivity contribution is 5.27. The summed E-state index contributed by atoms with van der Waals surface area (Å²) < 4.78 is 16.4. The number of imidazole rings is 1. The number of rotatable bonds is 4. The molecule has 112 valence electrons. The summed E-state index contributed by atoms with van der Waals surface area (Å²) in [7, 11) is 0. The summed E-state index contributed by atoms with van der Waals surface area (Å²) in [6.45, 7) is 2.04. The predicted molar refractivity (Wildman–Crippen MR) is 81.7 cm³/mol. The number of fused-ring (bicyclic) bond motifs is 1. The largest absolute Gasteiger partial charge is 0.326 e. The Bertz CT molecular complexity index is 620. The summed E-state index contributed by atoms with van der Waals surface area (Å²) in [6, 6.07) is 6.64. The highest BCUT2D eigenvalue weighted by Crippen LogP contribution is 2.30. The van der Waals surface area contributed by atoms with Crippen LogP contribution in [-0.2, 0) is 12.8 Å². The minimum atomic E-state index is -0.190. The number of halogens is 1. The van der Waals surface area contributed by atoms with Gasteiger partial charge in [0.15, 0.2) is 0 Å². The molecule has 1 aromatic heterocycles. The van der Waals surface area contributed by atoms with Crippen LogP contribution in [0.1, 0.15) is 49.2 Å². The lowest BCUT2D eigenvalue weighted by Crippen LogP contribution is -2.34. The zero-order valence-electron chi connectivity index (χ0n) is 12.4. The van der Waals surface area contributed by atoms with Crippen molar-refractivity contribution in [2.75, 3.05) is 0 Å². The normalized spacial score (nSPS) is 17.3. The molecular formula is C17H22FN3. The minimum Gasteiger partial charge on any atom is -0.326 e. The molecule has 21 heavy (non-hydrogen) atoms. The van der Waals surface area contributed by atoms with Gasteiger partial charge in [-0.3, -0.25) is 0 Å². The van der Waals surface area contributed by atoms with Gasteiger partial charge < -0.3 is 10.3 Å². The van der Waals surface area contributed by atoms with Crippen LogP contribution >= 0.6 is 0 Å². The van der Waals surface area contributed by atoms with E-state index in [-0.39, 0.29) is 17.9 Å².